The van der Waals surface area contributed by atoms with Crippen molar-refractivity contribution in [1.82, 2.24) is 0 Å². The van der Waals surface area contributed by atoms with E-state index in [4.69, 9.17) is 0 Å². The predicted molar refractivity (Wildman–Crippen MR) is 97.3 cm³/mol. The zero-order valence-electron chi connectivity index (χ0n) is 12.8. The van der Waals surface area contributed by atoms with E-state index in [0.717, 1.165) is 12.8 Å². The molecule has 2 nitrogen and oxygen atoms in total. The van der Waals surface area contributed by atoms with Crippen LogP contribution in [0.25, 0.3) is 0 Å². The van der Waals surface area contributed by atoms with Gasteiger partial charge in [-0.05, 0) is 54.5 Å². The second-order valence-corrected chi connectivity index (χ2v) is 10.4. The summed E-state index contributed by atoms with van der Waals surface area (Å²) in [5, 5.41) is 2.77. The summed E-state index contributed by atoms with van der Waals surface area (Å²) < 4.78 is 0. The summed E-state index contributed by atoms with van der Waals surface area (Å²) in [6.07, 6.45) is 1.83. The van der Waals surface area contributed by atoms with Gasteiger partial charge in [0.2, 0.25) is 0 Å². The molecule has 0 unspecified atom stereocenters. The van der Waals surface area contributed by atoms with Crippen molar-refractivity contribution in [1.29, 1.82) is 0 Å². The number of carbonyl (C=O) groups excluding carboxylic acids is 2. The number of halogens is 2. The summed E-state index contributed by atoms with van der Waals surface area (Å²) in [4.78, 5) is 28.4. The summed E-state index contributed by atoms with van der Waals surface area (Å²) >= 11 is 9.23. The first-order valence-electron chi connectivity index (χ1n) is 8.33. The van der Waals surface area contributed by atoms with Gasteiger partial charge in [-0.2, -0.15) is 0 Å². The van der Waals surface area contributed by atoms with Crippen LogP contribution in [0.1, 0.15) is 16.9 Å². The summed E-state index contributed by atoms with van der Waals surface area (Å²) in [7, 11) is 0. The molecule has 4 saturated carbocycles. The Balaban J connectivity index is 1.62. The molecule has 122 valence electrons. The van der Waals surface area contributed by atoms with Crippen LogP contribution in [0.2, 0.25) is 0 Å². The van der Waals surface area contributed by atoms with Gasteiger partial charge < -0.3 is 0 Å². The average Bonchev–Trinajstić information content (AvgIpc) is 3.19. The van der Waals surface area contributed by atoms with Crippen molar-refractivity contribution < 1.29 is 9.59 Å². The Labute approximate surface area is 156 Å². The number of aryl methyl sites for hydroxylation is 1. The average molecular weight is 458 g/mol. The van der Waals surface area contributed by atoms with Gasteiger partial charge in [0.15, 0.2) is 0 Å². The number of thiophene rings is 1. The number of fused-ring (bicyclic) bond motifs is 4. The molecule has 0 radical (unpaired) electrons. The molecule has 5 rings (SSSR count). The predicted octanol–water partition coefficient (Wildman–Crippen LogP) is 4.02. The van der Waals surface area contributed by atoms with Gasteiger partial charge in [0.1, 0.15) is 11.6 Å². The third kappa shape index (κ3) is 1.56. The number of ketones is 2. The monoisotopic (exact) mass is 456 g/mol. The first kappa shape index (κ1) is 15.3. The van der Waals surface area contributed by atoms with Crippen LogP contribution in [-0.4, -0.2) is 21.7 Å². The van der Waals surface area contributed by atoms with Crippen molar-refractivity contribution in [2.45, 2.75) is 24.6 Å². The molecular weight excluding hydrogens is 440 g/mol. The molecule has 4 aliphatic carbocycles. The fraction of sp³-hybridized carbons (Fsp3) is 0.667. The minimum absolute atomic E-state index is 0.0518. The Hall–Kier alpha value is -0.000000000000000167. The second-order valence-electron chi connectivity index (χ2n) is 7.81. The van der Waals surface area contributed by atoms with E-state index in [0.29, 0.717) is 39.5 Å². The van der Waals surface area contributed by atoms with Crippen molar-refractivity contribution in [2.75, 3.05) is 5.33 Å². The summed E-state index contributed by atoms with van der Waals surface area (Å²) in [5.41, 5.74) is 0.890. The molecule has 23 heavy (non-hydrogen) atoms. The van der Waals surface area contributed by atoms with Crippen LogP contribution in [0.15, 0.2) is 11.4 Å². The first-order chi connectivity index (χ1) is 11.0. The first-order valence-corrected chi connectivity index (χ1v) is 11.2. The molecule has 0 N–H and O–H groups in total. The van der Waals surface area contributed by atoms with Crippen molar-refractivity contribution in [3.8, 4) is 0 Å². The third-order valence-corrected chi connectivity index (χ3v) is 10.6. The van der Waals surface area contributed by atoms with Gasteiger partial charge in [0.05, 0.1) is 5.41 Å². The molecule has 0 amide bonds. The zero-order valence-corrected chi connectivity index (χ0v) is 16.8. The molecule has 0 spiro atoms. The maximum Gasteiger partial charge on any atom is 0.145 e. The lowest BCUT2D eigenvalue weighted by molar-refractivity contribution is -0.148. The minimum Gasteiger partial charge on any atom is -0.299 e. The highest BCUT2D eigenvalue weighted by atomic mass is 79.9. The van der Waals surface area contributed by atoms with E-state index >= 15 is 0 Å². The van der Waals surface area contributed by atoms with Gasteiger partial charge in [0, 0.05) is 32.8 Å². The highest BCUT2D eigenvalue weighted by Crippen LogP contribution is 2.75. The fourth-order valence-corrected chi connectivity index (χ4v) is 9.68. The Morgan fingerprint density at radius 3 is 2.83 bits per heavy atom. The molecule has 0 aromatic carbocycles. The van der Waals surface area contributed by atoms with Gasteiger partial charge in [0.25, 0.3) is 0 Å². The quantitative estimate of drug-likeness (QED) is 0.642. The number of carbonyl (C=O) groups is 2. The van der Waals surface area contributed by atoms with Crippen LogP contribution in [0.4, 0.5) is 0 Å². The highest BCUT2D eigenvalue weighted by Gasteiger charge is 2.80. The van der Waals surface area contributed by atoms with Crippen molar-refractivity contribution in [3.63, 3.8) is 0 Å². The van der Waals surface area contributed by atoms with E-state index in [1.807, 2.05) is 0 Å². The van der Waals surface area contributed by atoms with Gasteiger partial charge in [-0.25, -0.2) is 0 Å². The van der Waals surface area contributed by atoms with Gasteiger partial charge in [-0.15, -0.1) is 11.3 Å². The van der Waals surface area contributed by atoms with Crippen molar-refractivity contribution >= 4 is 54.8 Å². The minimum atomic E-state index is -0.373. The summed E-state index contributed by atoms with van der Waals surface area (Å²) in [6, 6.07) is 2.12. The molecule has 5 heteroatoms. The van der Waals surface area contributed by atoms with Crippen molar-refractivity contribution in [3.05, 3.63) is 21.9 Å². The highest BCUT2D eigenvalue weighted by molar-refractivity contribution is 9.09. The van der Waals surface area contributed by atoms with Crippen LogP contribution in [0.5, 0.6) is 0 Å². The number of hydrogen-bond acceptors (Lipinski definition) is 3. The van der Waals surface area contributed by atoms with Crippen LogP contribution in [-0.2, 0) is 16.0 Å². The largest absolute Gasteiger partial charge is 0.299 e. The summed E-state index contributed by atoms with van der Waals surface area (Å²) in [6.45, 7) is 2.11. The third-order valence-electron chi connectivity index (χ3n) is 7.29. The van der Waals surface area contributed by atoms with Gasteiger partial charge >= 0.3 is 0 Å². The second kappa shape index (κ2) is 4.79. The molecule has 4 bridgehead atoms. The van der Waals surface area contributed by atoms with E-state index in [1.165, 1.54) is 10.4 Å². The normalized spacial score (nSPS) is 49.6. The molecule has 8 atom stereocenters. The topological polar surface area (TPSA) is 34.1 Å². The van der Waals surface area contributed by atoms with Gasteiger partial charge in [-0.1, -0.05) is 31.9 Å². The number of Topliss-reactive ketones (excluding diaryl/α,β-unsaturated/α-hetero) is 2. The Bertz CT molecular complexity index is 728. The van der Waals surface area contributed by atoms with E-state index in [1.54, 1.807) is 11.3 Å². The maximum absolute atomic E-state index is 13.4. The van der Waals surface area contributed by atoms with Crippen LogP contribution in [0, 0.1) is 47.8 Å². The molecule has 4 aliphatic rings. The standard InChI is InChI=1S/C18H18Br2O2S/c1-7-2-3-23-11(7)5-8-12-13-10-4-9(15(13)20)14(16(8)21)18(10,6-19)17(12)22/h2-3,8-10,12-15H,4-6H2,1H3/t8-,9+,10+,12-,13-,14-,15+,18-/m0/s1. The number of alkyl halides is 2. The Morgan fingerprint density at radius 1 is 1.39 bits per heavy atom. The lowest BCUT2D eigenvalue weighted by Crippen LogP contribution is -2.52. The molecule has 1 heterocycles. The maximum atomic E-state index is 13.4. The molecule has 1 aromatic rings. The molecule has 0 aliphatic heterocycles. The summed E-state index contributed by atoms with van der Waals surface area (Å²) in [5.74, 6) is 1.76. The Morgan fingerprint density at radius 2 is 2.17 bits per heavy atom. The smallest absolute Gasteiger partial charge is 0.145 e. The Kier molecular flexibility index (Phi) is 3.18. The molecule has 0 saturated heterocycles. The molecule has 4 fully saturated rings. The van der Waals surface area contributed by atoms with Crippen molar-refractivity contribution in [2.24, 2.45) is 40.9 Å². The fourth-order valence-electron chi connectivity index (χ4n) is 6.46. The number of rotatable bonds is 3. The zero-order chi connectivity index (χ0) is 16.1. The number of hydrogen-bond donors (Lipinski definition) is 0. The SMILES string of the molecule is Cc1ccsc1C[C@@H]1C(=O)[C@@H]2[C@H]3C[C@@H]4[C@H]([C@@H]3Br)[C@H]1C(=O)[C@@]42CBr. The molecule has 1 aromatic heterocycles. The van der Waals surface area contributed by atoms with E-state index < -0.39 is 0 Å². The van der Waals surface area contributed by atoms with Gasteiger partial charge in [-0.3, -0.25) is 9.59 Å². The lowest BCUT2D eigenvalue weighted by atomic mass is 9.62. The van der Waals surface area contributed by atoms with Crippen LogP contribution < -0.4 is 0 Å². The van der Waals surface area contributed by atoms with E-state index in [2.05, 4.69) is 50.2 Å². The lowest BCUT2D eigenvalue weighted by Gasteiger charge is -2.41. The van der Waals surface area contributed by atoms with E-state index in [9.17, 15) is 9.59 Å². The van der Waals surface area contributed by atoms with Crippen LogP contribution >= 0.6 is 43.2 Å². The molecular formula is C18H18Br2O2S. The van der Waals surface area contributed by atoms with E-state index in [-0.39, 0.29) is 23.2 Å². The van der Waals surface area contributed by atoms with Crippen LogP contribution in [0.3, 0.4) is 0 Å².